The van der Waals surface area contributed by atoms with Gasteiger partial charge in [0.2, 0.25) is 0 Å². The molecule has 0 aromatic heterocycles. The van der Waals surface area contributed by atoms with Gasteiger partial charge < -0.3 is 29.9 Å². The van der Waals surface area contributed by atoms with Crippen LogP contribution in [0.3, 0.4) is 0 Å². The van der Waals surface area contributed by atoms with Crippen LogP contribution in [0.4, 0.5) is 0 Å². The summed E-state index contributed by atoms with van der Waals surface area (Å²) < 4.78 is 11.0. The normalized spacial score (nSPS) is 29.4. The minimum Gasteiger partial charge on any atom is -0.394 e. The molecule has 1 heterocycles. The number of aliphatic hydroxyl groups excluding tert-OH is 4. The van der Waals surface area contributed by atoms with Crippen LogP contribution in [0.2, 0.25) is 5.02 Å². The van der Waals surface area contributed by atoms with Gasteiger partial charge in [-0.15, -0.1) is 0 Å². The highest BCUT2D eigenvalue weighted by Gasteiger charge is 2.43. The molecule has 0 radical (unpaired) electrons. The Bertz CT molecular complexity index is 443. The molecule has 1 aliphatic heterocycles. The molecular formula is C13H17ClO6. The van der Waals surface area contributed by atoms with E-state index in [0.29, 0.717) is 10.6 Å². The smallest absolute Gasteiger partial charge is 0.185 e. The Hall–Kier alpha value is -0.730. The molecule has 5 atom stereocenters. The summed E-state index contributed by atoms with van der Waals surface area (Å²) in [5.74, 6) is 0. The largest absolute Gasteiger partial charge is 0.394 e. The van der Waals surface area contributed by atoms with Crippen molar-refractivity contribution in [2.24, 2.45) is 0 Å². The van der Waals surface area contributed by atoms with Crippen LogP contribution in [0.25, 0.3) is 0 Å². The van der Waals surface area contributed by atoms with E-state index in [1.165, 1.54) is 0 Å². The quantitative estimate of drug-likeness (QED) is 0.603. The highest BCUT2D eigenvalue weighted by Crippen LogP contribution is 2.34. The fraction of sp³-hybridized carbons (Fsp3) is 0.538. The molecule has 0 amide bonds. The maximum atomic E-state index is 9.89. The van der Waals surface area contributed by atoms with Crippen molar-refractivity contribution < 1.29 is 29.9 Å². The summed E-state index contributed by atoms with van der Waals surface area (Å²) in [5.41, 5.74) is 0.643. The molecule has 7 heteroatoms. The molecule has 1 aliphatic rings. The van der Waals surface area contributed by atoms with E-state index >= 15 is 0 Å². The molecule has 6 nitrogen and oxygen atoms in total. The second-order valence-electron chi connectivity index (χ2n) is 4.59. The second kappa shape index (κ2) is 6.82. The Morgan fingerprint density at radius 2 is 1.95 bits per heavy atom. The van der Waals surface area contributed by atoms with E-state index < -0.39 is 37.3 Å². The van der Waals surface area contributed by atoms with Gasteiger partial charge in [0.1, 0.15) is 24.4 Å². The highest BCUT2D eigenvalue weighted by molar-refractivity contribution is 6.30. The first-order valence-electron chi connectivity index (χ1n) is 6.21. The standard InChI is InChI=1S/C13H17ClO6/c14-8-3-1-2-7(4-8)13-19-10(6-16)12(20-13)11(18)9(17)5-15/h1-4,9-13,15-18H,5-6H2/t9-,10+,11+,12+,13?/m0/s1. The maximum absolute atomic E-state index is 9.89. The lowest BCUT2D eigenvalue weighted by Gasteiger charge is -2.23. The molecular weight excluding hydrogens is 288 g/mol. The molecule has 2 rings (SSSR count). The number of hydrogen-bond donors (Lipinski definition) is 4. The van der Waals surface area contributed by atoms with Gasteiger partial charge in [0.25, 0.3) is 0 Å². The van der Waals surface area contributed by atoms with Gasteiger partial charge in [0, 0.05) is 10.6 Å². The van der Waals surface area contributed by atoms with Crippen LogP contribution >= 0.6 is 11.6 Å². The lowest BCUT2D eigenvalue weighted by Crippen LogP contribution is -2.45. The minimum absolute atomic E-state index is 0.378. The van der Waals surface area contributed by atoms with E-state index in [-0.39, 0.29) is 6.61 Å². The van der Waals surface area contributed by atoms with Crippen LogP contribution in [-0.2, 0) is 9.47 Å². The van der Waals surface area contributed by atoms with Crippen LogP contribution in [-0.4, -0.2) is 58.1 Å². The van der Waals surface area contributed by atoms with Gasteiger partial charge in [0.15, 0.2) is 6.29 Å². The fourth-order valence-electron chi connectivity index (χ4n) is 2.08. The van der Waals surface area contributed by atoms with Crippen molar-refractivity contribution in [2.75, 3.05) is 13.2 Å². The van der Waals surface area contributed by atoms with E-state index in [1.807, 2.05) is 0 Å². The molecule has 0 spiro atoms. The Labute approximate surface area is 121 Å². The van der Waals surface area contributed by atoms with Crippen LogP contribution < -0.4 is 0 Å². The van der Waals surface area contributed by atoms with Crippen molar-refractivity contribution in [3.05, 3.63) is 34.9 Å². The van der Waals surface area contributed by atoms with Crippen molar-refractivity contribution in [1.82, 2.24) is 0 Å². The van der Waals surface area contributed by atoms with Crippen molar-refractivity contribution in [1.29, 1.82) is 0 Å². The maximum Gasteiger partial charge on any atom is 0.185 e. The van der Waals surface area contributed by atoms with Gasteiger partial charge in [-0.3, -0.25) is 0 Å². The van der Waals surface area contributed by atoms with E-state index in [2.05, 4.69) is 0 Å². The van der Waals surface area contributed by atoms with E-state index in [4.69, 9.17) is 26.2 Å². The van der Waals surface area contributed by atoms with Crippen molar-refractivity contribution in [3.63, 3.8) is 0 Å². The molecule has 0 aliphatic carbocycles. The molecule has 4 N–H and O–H groups in total. The van der Waals surface area contributed by atoms with Gasteiger partial charge in [0.05, 0.1) is 13.2 Å². The van der Waals surface area contributed by atoms with E-state index in [1.54, 1.807) is 24.3 Å². The summed E-state index contributed by atoms with van der Waals surface area (Å²) in [6, 6.07) is 6.82. The first kappa shape index (κ1) is 15.7. The third-order valence-corrected chi connectivity index (χ3v) is 3.40. The zero-order chi connectivity index (χ0) is 14.7. The number of benzene rings is 1. The summed E-state index contributed by atoms with van der Waals surface area (Å²) in [4.78, 5) is 0. The zero-order valence-electron chi connectivity index (χ0n) is 10.6. The number of halogens is 1. The van der Waals surface area contributed by atoms with Gasteiger partial charge in [-0.05, 0) is 12.1 Å². The van der Waals surface area contributed by atoms with Crippen LogP contribution in [0.1, 0.15) is 11.9 Å². The fourth-order valence-corrected chi connectivity index (χ4v) is 2.28. The highest BCUT2D eigenvalue weighted by atomic mass is 35.5. The third-order valence-electron chi connectivity index (χ3n) is 3.16. The molecule has 20 heavy (non-hydrogen) atoms. The summed E-state index contributed by atoms with van der Waals surface area (Å²) in [6.45, 7) is -0.988. The number of ether oxygens (including phenoxy) is 2. The van der Waals surface area contributed by atoms with Crippen LogP contribution in [0.5, 0.6) is 0 Å². The van der Waals surface area contributed by atoms with Crippen molar-refractivity contribution in [2.45, 2.75) is 30.7 Å². The molecule has 1 aromatic carbocycles. The monoisotopic (exact) mass is 304 g/mol. The van der Waals surface area contributed by atoms with Crippen LogP contribution in [0, 0.1) is 0 Å². The van der Waals surface area contributed by atoms with Crippen LogP contribution in [0.15, 0.2) is 24.3 Å². The predicted octanol–water partition coefficient (Wildman–Crippen LogP) is -0.171. The van der Waals surface area contributed by atoms with E-state index in [9.17, 15) is 15.3 Å². The Balaban J connectivity index is 2.13. The topological polar surface area (TPSA) is 99.4 Å². The Morgan fingerprint density at radius 3 is 2.55 bits per heavy atom. The number of hydrogen-bond acceptors (Lipinski definition) is 6. The molecule has 0 bridgehead atoms. The van der Waals surface area contributed by atoms with Gasteiger partial charge in [-0.1, -0.05) is 23.7 Å². The van der Waals surface area contributed by atoms with Crippen molar-refractivity contribution >= 4 is 11.6 Å². The summed E-state index contributed by atoms with van der Waals surface area (Å²) in [7, 11) is 0. The Morgan fingerprint density at radius 1 is 1.20 bits per heavy atom. The molecule has 1 unspecified atom stereocenters. The van der Waals surface area contributed by atoms with Crippen molar-refractivity contribution in [3.8, 4) is 0 Å². The minimum atomic E-state index is -1.37. The summed E-state index contributed by atoms with van der Waals surface area (Å²) >= 11 is 5.88. The molecule has 1 saturated heterocycles. The van der Waals surface area contributed by atoms with Gasteiger partial charge >= 0.3 is 0 Å². The first-order chi connectivity index (χ1) is 9.56. The predicted molar refractivity (Wildman–Crippen MR) is 70.1 cm³/mol. The SMILES string of the molecule is OC[C@H](O)[C@@H](O)[C@@H]1OC(c2cccc(Cl)c2)O[C@@H]1CO. The average Bonchev–Trinajstić information content (AvgIpc) is 2.89. The van der Waals surface area contributed by atoms with E-state index in [0.717, 1.165) is 0 Å². The number of rotatable bonds is 5. The lowest BCUT2D eigenvalue weighted by molar-refractivity contribution is -0.113. The number of aliphatic hydroxyl groups is 4. The average molecular weight is 305 g/mol. The second-order valence-corrected chi connectivity index (χ2v) is 5.02. The molecule has 0 saturated carbocycles. The molecule has 1 fully saturated rings. The Kier molecular flexibility index (Phi) is 5.34. The zero-order valence-corrected chi connectivity index (χ0v) is 11.3. The molecule has 112 valence electrons. The third kappa shape index (κ3) is 3.29. The first-order valence-corrected chi connectivity index (χ1v) is 6.59. The summed E-state index contributed by atoms with van der Waals surface area (Å²) in [6.07, 6.45) is -5.25. The van der Waals surface area contributed by atoms with Gasteiger partial charge in [-0.25, -0.2) is 0 Å². The summed E-state index contributed by atoms with van der Waals surface area (Å²) in [5, 5.41) is 38.0. The lowest BCUT2D eigenvalue weighted by atomic mass is 10.0. The van der Waals surface area contributed by atoms with Gasteiger partial charge in [-0.2, -0.15) is 0 Å². The molecule has 1 aromatic rings.